The van der Waals surface area contributed by atoms with Crippen molar-refractivity contribution in [2.45, 2.75) is 76.5 Å². The quantitative estimate of drug-likeness (QED) is 0.278. The molecule has 2 aromatic rings. The number of carbonyl (C=O) groups is 3. The van der Waals surface area contributed by atoms with Crippen LogP contribution in [0, 0.1) is 22.7 Å². The van der Waals surface area contributed by atoms with Gasteiger partial charge in [0.1, 0.15) is 5.78 Å². The average Bonchev–Trinajstić information content (AvgIpc) is 3.25. The first-order valence-corrected chi connectivity index (χ1v) is 16.6. The highest BCUT2D eigenvalue weighted by atomic mass is 32.2. The molecule has 7 nitrogen and oxygen atoms in total. The monoisotopic (exact) mass is 569 g/mol. The first kappa shape index (κ1) is 27.0. The van der Waals surface area contributed by atoms with Crippen LogP contribution in [-0.4, -0.2) is 42.6 Å². The topological polar surface area (TPSA) is 97.8 Å². The van der Waals surface area contributed by atoms with E-state index in [1.165, 1.54) is 32.1 Å². The van der Waals surface area contributed by atoms with Crippen molar-refractivity contribution in [3.8, 4) is 0 Å². The Balaban J connectivity index is 1.24. The Kier molecular flexibility index (Phi) is 6.71. The van der Waals surface area contributed by atoms with Gasteiger partial charge in [0, 0.05) is 16.7 Å². The summed E-state index contributed by atoms with van der Waals surface area (Å²) in [5, 5.41) is 1.73. The zero-order chi connectivity index (χ0) is 27.6. The largest absolute Gasteiger partial charge is 0.299 e. The summed E-state index contributed by atoms with van der Waals surface area (Å²) in [7, 11) is -4.42. The van der Waals surface area contributed by atoms with Crippen molar-refractivity contribution in [1.82, 2.24) is 5.06 Å². The number of hydrogen-bond acceptors (Lipinski definition) is 7. The van der Waals surface area contributed by atoms with E-state index >= 15 is 0 Å². The molecule has 2 aromatic carbocycles. The normalized spacial score (nSPS) is 26.7. The molecule has 2 unspecified atom stereocenters. The Morgan fingerprint density at radius 3 is 2.36 bits per heavy atom. The second kappa shape index (κ2) is 9.70. The number of hydroxylamine groups is 2. The van der Waals surface area contributed by atoms with Crippen LogP contribution in [0.2, 0.25) is 0 Å². The lowest BCUT2D eigenvalue weighted by molar-refractivity contribution is -0.128. The van der Waals surface area contributed by atoms with E-state index in [4.69, 9.17) is 4.28 Å². The lowest BCUT2D eigenvalue weighted by Gasteiger charge is -2.36. The second-order valence-corrected chi connectivity index (χ2v) is 15.0. The number of fused-ring (bicyclic) bond motifs is 2. The molecule has 39 heavy (non-hydrogen) atoms. The summed E-state index contributed by atoms with van der Waals surface area (Å²) in [6.07, 6.45) is 9.30. The zero-order valence-electron chi connectivity index (χ0n) is 22.5. The highest BCUT2D eigenvalue weighted by Gasteiger charge is 2.65. The van der Waals surface area contributed by atoms with E-state index in [0.29, 0.717) is 23.3 Å². The Bertz CT molecular complexity index is 1450. The molecule has 0 saturated heterocycles. The molecule has 6 rings (SSSR count). The Labute approximate surface area is 234 Å². The maximum absolute atomic E-state index is 13.5. The summed E-state index contributed by atoms with van der Waals surface area (Å²) in [4.78, 5) is 40.8. The van der Waals surface area contributed by atoms with E-state index in [1.807, 2.05) is 26.0 Å². The average molecular weight is 570 g/mol. The van der Waals surface area contributed by atoms with Crippen molar-refractivity contribution in [3.05, 3.63) is 41.5 Å². The summed E-state index contributed by atoms with van der Waals surface area (Å²) in [5.41, 5.74) is -1.06. The van der Waals surface area contributed by atoms with Crippen LogP contribution >= 0.6 is 11.8 Å². The van der Waals surface area contributed by atoms with E-state index in [1.54, 1.807) is 30.0 Å². The zero-order valence-corrected chi connectivity index (χ0v) is 24.2. The molecule has 4 aliphatic rings. The van der Waals surface area contributed by atoms with Crippen LogP contribution in [0.5, 0.6) is 0 Å². The minimum atomic E-state index is -4.42. The standard InChI is InChI=1S/C30H35NO6S2/c1-29(2)20-13-15-30(29,25(32)17-20)18-39(35,36)37-31-27(33)22-10-6-9-21-24(12-11-23(26(21)22)28(31)34)38-16-14-19-7-4-3-5-8-19/h6,9-12,19-20H,3-5,7-8,13-18H2,1-2H3. The van der Waals surface area contributed by atoms with Gasteiger partial charge < -0.3 is 0 Å². The Hall–Kier alpha value is -2.23. The van der Waals surface area contributed by atoms with Crippen molar-refractivity contribution >= 4 is 50.3 Å². The molecule has 1 aliphatic heterocycles. The predicted octanol–water partition coefficient (Wildman–Crippen LogP) is 6.16. The van der Waals surface area contributed by atoms with Gasteiger partial charge in [-0.25, -0.2) is 0 Å². The molecule has 0 aromatic heterocycles. The van der Waals surface area contributed by atoms with Crippen molar-refractivity contribution in [1.29, 1.82) is 0 Å². The number of imide groups is 1. The number of ketones is 1. The van der Waals surface area contributed by atoms with Crippen molar-refractivity contribution in [3.63, 3.8) is 0 Å². The summed E-state index contributed by atoms with van der Waals surface area (Å²) >= 11 is 1.74. The Morgan fingerprint density at radius 2 is 1.69 bits per heavy atom. The molecule has 3 fully saturated rings. The molecule has 0 spiro atoms. The third-order valence-electron chi connectivity index (χ3n) is 10.1. The molecule has 3 saturated carbocycles. The molecule has 3 aliphatic carbocycles. The van der Waals surface area contributed by atoms with E-state index < -0.39 is 38.5 Å². The number of thioether (sulfide) groups is 1. The maximum atomic E-state index is 13.5. The number of rotatable bonds is 8. The number of benzene rings is 2. The SMILES string of the molecule is CC1(C)C2CCC1(CS(=O)(=O)ON1C(=O)c3cccc4c(SCCC5CCCCC5)ccc(c34)C1=O)C(=O)C2. The van der Waals surface area contributed by atoms with Crippen LogP contribution in [0.4, 0.5) is 0 Å². The summed E-state index contributed by atoms with van der Waals surface area (Å²) in [5.74, 6) is -0.339. The predicted molar refractivity (Wildman–Crippen MR) is 150 cm³/mol. The molecule has 2 amide bonds. The molecular formula is C30H35NO6S2. The number of nitrogens with zero attached hydrogens (tertiary/aromatic N) is 1. The van der Waals surface area contributed by atoms with Gasteiger partial charge in [0.05, 0.1) is 22.3 Å². The minimum Gasteiger partial charge on any atom is -0.299 e. The highest BCUT2D eigenvalue weighted by molar-refractivity contribution is 7.99. The molecule has 0 N–H and O–H groups in total. The lowest BCUT2D eigenvalue weighted by Crippen LogP contribution is -2.46. The fraction of sp³-hybridized carbons (Fsp3) is 0.567. The lowest BCUT2D eigenvalue weighted by atomic mass is 9.70. The molecule has 1 heterocycles. The molecular weight excluding hydrogens is 534 g/mol. The Morgan fingerprint density at radius 1 is 0.974 bits per heavy atom. The molecule has 208 valence electrons. The van der Waals surface area contributed by atoms with E-state index in [-0.39, 0.29) is 22.8 Å². The van der Waals surface area contributed by atoms with Crippen LogP contribution in [0.3, 0.4) is 0 Å². The fourth-order valence-electron chi connectivity index (χ4n) is 7.60. The van der Waals surface area contributed by atoms with Gasteiger partial charge in [-0.15, -0.1) is 21.1 Å². The fourth-order valence-corrected chi connectivity index (χ4v) is 10.5. The molecule has 2 bridgehead atoms. The number of amides is 2. The van der Waals surface area contributed by atoms with E-state index in [2.05, 4.69) is 0 Å². The van der Waals surface area contributed by atoms with Gasteiger partial charge in [0.2, 0.25) is 0 Å². The third kappa shape index (κ3) is 4.36. The van der Waals surface area contributed by atoms with E-state index in [9.17, 15) is 22.8 Å². The van der Waals surface area contributed by atoms with Crippen LogP contribution in [0.25, 0.3) is 10.8 Å². The van der Waals surface area contributed by atoms with Crippen LogP contribution in [-0.2, 0) is 19.2 Å². The first-order chi connectivity index (χ1) is 18.5. The molecule has 2 atom stereocenters. The van der Waals surface area contributed by atoms with Gasteiger partial charge in [-0.2, -0.15) is 8.42 Å². The smallest absolute Gasteiger partial charge is 0.289 e. The number of hydrogen-bond donors (Lipinski definition) is 0. The van der Waals surface area contributed by atoms with Gasteiger partial charge in [-0.05, 0) is 65.9 Å². The maximum Gasteiger partial charge on any atom is 0.289 e. The van der Waals surface area contributed by atoms with Gasteiger partial charge in [0.15, 0.2) is 0 Å². The van der Waals surface area contributed by atoms with Crippen molar-refractivity contribution in [2.24, 2.45) is 22.7 Å². The number of Topliss-reactive ketones (excluding diaryl/α,β-unsaturated/α-hetero) is 1. The van der Waals surface area contributed by atoms with Crippen LogP contribution in [0.15, 0.2) is 35.2 Å². The third-order valence-corrected chi connectivity index (χ3v) is 12.4. The highest BCUT2D eigenvalue weighted by Crippen LogP contribution is 2.64. The molecule has 0 radical (unpaired) electrons. The van der Waals surface area contributed by atoms with Gasteiger partial charge in [-0.3, -0.25) is 14.4 Å². The van der Waals surface area contributed by atoms with Gasteiger partial charge in [-0.1, -0.05) is 58.1 Å². The van der Waals surface area contributed by atoms with Crippen molar-refractivity contribution in [2.75, 3.05) is 11.5 Å². The summed E-state index contributed by atoms with van der Waals surface area (Å²) in [6, 6.07) is 8.80. The van der Waals surface area contributed by atoms with Gasteiger partial charge >= 0.3 is 0 Å². The summed E-state index contributed by atoms with van der Waals surface area (Å²) in [6.45, 7) is 3.87. The van der Waals surface area contributed by atoms with E-state index in [0.717, 1.165) is 34.8 Å². The van der Waals surface area contributed by atoms with Crippen LogP contribution in [0.1, 0.15) is 92.4 Å². The first-order valence-electron chi connectivity index (χ1n) is 14.1. The number of carbonyl (C=O) groups excluding carboxylic acids is 3. The second-order valence-electron chi connectivity index (χ2n) is 12.3. The van der Waals surface area contributed by atoms with Crippen molar-refractivity contribution < 1.29 is 27.1 Å². The molecule has 9 heteroatoms. The van der Waals surface area contributed by atoms with Crippen LogP contribution < -0.4 is 0 Å². The van der Waals surface area contributed by atoms with Gasteiger partial charge in [0.25, 0.3) is 21.9 Å². The summed E-state index contributed by atoms with van der Waals surface area (Å²) < 4.78 is 31.8. The minimum absolute atomic E-state index is 0.0733.